The fraction of sp³-hybridized carbons (Fsp3) is 0.278. The van der Waals surface area contributed by atoms with Crippen LogP contribution in [0, 0.1) is 6.92 Å². The van der Waals surface area contributed by atoms with Gasteiger partial charge in [-0.05, 0) is 44.5 Å². The van der Waals surface area contributed by atoms with Crippen LogP contribution in [0.1, 0.15) is 40.3 Å². The topological polar surface area (TPSA) is 80.3 Å². The normalized spacial score (nSPS) is 10.5. The van der Waals surface area contributed by atoms with Crippen molar-refractivity contribution in [1.82, 2.24) is 10.3 Å². The number of methoxy groups -OCH3 is 1. The first-order chi connectivity index (χ1) is 11.8. The van der Waals surface area contributed by atoms with E-state index in [1.54, 1.807) is 12.1 Å². The highest BCUT2D eigenvalue weighted by atomic mass is 35.5. The zero-order chi connectivity index (χ0) is 18.6. The summed E-state index contributed by atoms with van der Waals surface area (Å²) < 4.78 is 5.25. The van der Waals surface area contributed by atoms with E-state index in [1.807, 2.05) is 20.8 Å². The third-order valence-electron chi connectivity index (χ3n) is 3.40. The summed E-state index contributed by atoms with van der Waals surface area (Å²) in [5, 5.41) is 6.06. The Morgan fingerprint density at radius 2 is 1.92 bits per heavy atom. The van der Waals surface area contributed by atoms with Gasteiger partial charge in [0.15, 0.2) is 0 Å². The molecule has 25 heavy (non-hydrogen) atoms. The van der Waals surface area contributed by atoms with Gasteiger partial charge in [-0.1, -0.05) is 11.6 Å². The molecule has 1 aromatic heterocycles. The number of rotatable bonds is 5. The highest BCUT2D eigenvalue weighted by Crippen LogP contribution is 2.31. The van der Waals surface area contributed by atoms with E-state index in [1.165, 1.54) is 25.4 Å². The Morgan fingerprint density at radius 1 is 1.20 bits per heavy atom. The van der Waals surface area contributed by atoms with E-state index in [9.17, 15) is 9.59 Å². The molecule has 2 N–H and O–H groups in total. The fourth-order valence-electron chi connectivity index (χ4n) is 2.16. The molecular weight excluding hydrogens is 342 g/mol. The highest BCUT2D eigenvalue weighted by Gasteiger charge is 2.15. The van der Waals surface area contributed by atoms with E-state index in [0.29, 0.717) is 22.0 Å². The summed E-state index contributed by atoms with van der Waals surface area (Å²) in [5.74, 6) is -0.249. The van der Waals surface area contributed by atoms with Crippen molar-refractivity contribution in [1.29, 1.82) is 0 Å². The lowest BCUT2D eigenvalue weighted by Crippen LogP contribution is -2.31. The molecule has 0 saturated carbocycles. The van der Waals surface area contributed by atoms with Gasteiger partial charge < -0.3 is 15.4 Å². The van der Waals surface area contributed by atoms with Crippen LogP contribution in [-0.2, 0) is 0 Å². The molecule has 6 nitrogen and oxygen atoms in total. The van der Waals surface area contributed by atoms with Crippen molar-refractivity contribution in [2.24, 2.45) is 0 Å². The number of nitrogens with one attached hydrogen (secondary N) is 2. The number of hydrogen-bond donors (Lipinski definition) is 2. The van der Waals surface area contributed by atoms with Crippen molar-refractivity contribution in [3.63, 3.8) is 0 Å². The second-order valence-electron chi connectivity index (χ2n) is 5.81. The minimum Gasteiger partial charge on any atom is -0.495 e. The van der Waals surface area contributed by atoms with Crippen LogP contribution in [-0.4, -0.2) is 29.9 Å². The number of carbonyl (C=O) groups excluding carboxylic acids is 2. The van der Waals surface area contributed by atoms with Crippen molar-refractivity contribution >= 4 is 29.1 Å². The van der Waals surface area contributed by atoms with Crippen molar-refractivity contribution in [2.45, 2.75) is 26.8 Å². The molecule has 1 aromatic carbocycles. The van der Waals surface area contributed by atoms with Gasteiger partial charge >= 0.3 is 0 Å². The number of ether oxygens (including phenoxy) is 1. The quantitative estimate of drug-likeness (QED) is 0.854. The number of hydrogen-bond acceptors (Lipinski definition) is 4. The number of aromatic nitrogens is 1. The first-order valence-corrected chi connectivity index (χ1v) is 8.12. The van der Waals surface area contributed by atoms with E-state index >= 15 is 0 Å². The molecule has 0 unspecified atom stereocenters. The summed E-state index contributed by atoms with van der Waals surface area (Å²) in [4.78, 5) is 28.6. The summed E-state index contributed by atoms with van der Waals surface area (Å²) in [6.07, 6.45) is 1.43. The van der Waals surface area contributed by atoms with Crippen LogP contribution < -0.4 is 15.4 Å². The highest BCUT2D eigenvalue weighted by molar-refractivity contribution is 6.31. The molecule has 0 fully saturated rings. The van der Waals surface area contributed by atoms with E-state index in [-0.39, 0.29) is 23.6 Å². The van der Waals surface area contributed by atoms with E-state index < -0.39 is 0 Å². The molecule has 0 aliphatic rings. The summed E-state index contributed by atoms with van der Waals surface area (Å²) >= 11 is 6.07. The average molecular weight is 362 g/mol. The lowest BCUT2D eigenvalue weighted by atomic mass is 10.1. The molecule has 0 radical (unpaired) electrons. The minimum absolute atomic E-state index is 0.0203. The van der Waals surface area contributed by atoms with Crippen LogP contribution in [0.2, 0.25) is 5.02 Å². The maximum Gasteiger partial charge on any atom is 0.270 e. The number of anilines is 1. The summed E-state index contributed by atoms with van der Waals surface area (Å²) in [5.41, 5.74) is 1.81. The smallest absolute Gasteiger partial charge is 0.270 e. The van der Waals surface area contributed by atoms with Crippen molar-refractivity contribution in [3.05, 3.63) is 52.3 Å². The Labute approximate surface area is 151 Å². The van der Waals surface area contributed by atoms with E-state index in [2.05, 4.69) is 15.6 Å². The SMILES string of the molecule is COc1cc(Cl)c(C)cc1NC(=O)c1ccnc(C(=O)NC(C)C)c1. The molecule has 2 aromatic rings. The Hall–Kier alpha value is -2.60. The Morgan fingerprint density at radius 3 is 2.56 bits per heavy atom. The van der Waals surface area contributed by atoms with E-state index in [4.69, 9.17) is 16.3 Å². The number of carbonyl (C=O) groups is 2. The number of aryl methyl sites for hydroxylation is 1. The lowest BCUT2D eigenvalue weighted by molar-refractivity contribution is 0.0938. The Balaban J connectivity index is 2.25. The van der Waals surface area contributed by atoms with Gasteiger partial charge in [-0.15, -0.1) is 0 Å². The lowest BCUT2D eigenvalue weighted by Gasteiger charge is -2.13. The maximum atomic E-state index is 12.5. The van der Waals surface area contributed by atoms with Gasteiger partial charge in [-0.25, -0.2) is 0 Å². The molecule has 0 aliphatic carbocycles. The third-order valence-corrected chi connectivity index (χ3v) is 3.81. The molecule has 0 aliphatic heterocycles. The minimum atomic E-state index is -0.374. The standard InChI is InChI=1S/C18H20ClN3O3/c1-10(2)21-18(24)15-8-12(5-6-20-15)17(23)22-14-7-11(3)13(19)9-16(14)25-4/h5-10H,1-4H3,(H,21,24)(H,22,23). The predicted octanol–water partition coefficient (Wildman–Crippen LogP) is 3.44. The Kier molecular flexibility index (Phi) is 5.98. The second-order valence-corrected chi connectivity index (χ2v) is 6.22. The van der Waals surface area contributed by atoms with Crippen LogP contribution in [0.4, 0.5) is 5.69 Å². The van der Waals surface area contributed by atoms with Gasteiger partial charge in [0.2, 0.25) is 0 Å². The van der Waals surface area contributed by atoms with Gasteiger partial charge in [0.25, 0.3) is 11.8 Å². The van der Waals surface area contributed by atoms with Gasteiger partial charge in [-0.2, -0.15) is 0 Å². The molecule has 1 heterocycles. The molecule has 2 rings (SSSR count). The molecule has 2 amide bonds. The van der Waals surface area contributed by atoms with Crippen molar-refractivity contribution in [3.8, 4) is 5.75 Å². The van der Waals surface area contributed by atoms with E-state index in [0.717, 1.165) is 5.56 Å². The summed E-state index contributed by atoms with van der Waals surface area (Å²) in [6.45, 7) is 5.53. The number of nitrogens with zero attached hydrogens (tertiary/aromatic N) is 1. The first kappa shape index (κ1) is 18.7. The molecule has 0 atom stereocenters. The van der Waals surface area contributed by atoms with Crippen LogP contribution in [0.25, 0.3) is 0 Å². The third kappa shape index (κ3) is 4.70. The molecular formula is C18H20ClN3O3. The average Bonchev–Trinajstić information content (AvgIpc) is 2.57. The molecule has 7 heteroatoms. The molecule has 0 saturated heterocycles. The number of benzene rings is 1. The second kappa shape index (κ2) is 7.98. The first-order valence-electron chi connectivity index (χ1n) is 7.74. The predicted molar refractivity (Wildman–Crippen MR) is 97.5 cm³/mol. The number of amides is 2. The van der Waals surface area contributed by atoms with Gasteiger partial charge in [0, 0.05) is 28.9 Å². The fourth-order valence-corrected chi connectivity index (χ4v) is 2.31. The molecule has 0 bridgehead atoms. The number of pyridine rings is 1. The monoisotopic (exact) mass is 361 g/mol. The molecule has 0 spiro atoms. The van der Waals surface area contributed by atoms with Crippen molar-refractivity contribution < 1.29 is 14.3 Å². The summed E-state index contributed by atoms with van der Waals surface area (Å²) in [7, 11) is 1.50. The summed E-state index contributed by atoms with van der Waals surface area (Å²) in [6, 6.07) is 6.33. The van der Waals surface area contributed by atoms with Crippen LogP contribution >= 0.6 is 11.6 Å². The largest absolute Gasteiger partial charge is 0.495 e. The maximum absolute atomic E-state index is 12.5. The van der Waals surface area contributed by atoms with Gasteiger partial charge in [0.1, 0.15) is 11.4 Å². The number of halogens is 1. The molecule has 132 valence electrons. The zero-order valence-corrected chi connectivity index (χ0v) is 15.3. The Bertz CT molecular complexity index is 806. The van der Waals surface area contributed by atoms with Gasteiger partial charge in [0.05, 0.1) is 12.8 Å². The van der Waals surface area contributed by atoms with Crippen LogP contribution in [0.15, 0.2) is 30.5 Å². The zero-order valence-electron chi connectivity index (χ0n) is 14.5. The van der Waals surface area contributed by atoms with Crippen molar-refractivity contribution in [2.75, 3.05) is 12.4 Å². The van der Waals surface area contributed by atoms with Crippen LogP contribution in [0.3, 0.4) is 0 Å². The van der Waals surface area contributed by atoms with Gasteiger partial charge in [-0.3, -0.25) is 14.6 Å². The van der Waals surface area contributed by atoms with Crippen LogP contribution in [0.5, 0.6) is 5.75 Å².